The fraction of sp³-hybridized carbons (Fsp3) is 0.444. The number of carbonyl (C=O) groups excluding carboxylic acids is 1. The van der Waals surface area contributed by atoms with Crippen molar-refractivity contribution in [1.29, 1.82) is 0 Å². The molecule has 0 saturated carbocycles. The molecule has 3 rings (SSSR count). The number of pyridine rings is 1. The Bertz CT molecular complexity index is 736. The first-order valence-electron chi connectivity index (χ1n) is 8.11. The van der Waals surface area contributed by atoms with Crippen molar-refractivity contribution in [2.45, 2.75) is 32.9 Å². The standard InChI is InChI=1S/C18H24N4O/c1-5-8-20-11-15(4)21(12-14(20)3)18(23)16-10-19-22-9-6-7-13(2)17(16)22/h5-7,9-10,14-15H,1,8,11-12H2,2-4H3/t14-,15-/m1/s1. The molecule has 5 nitrogen and oxygen atoms in total. The van der Waals surface area contributed by atoms with Crippen molar-refractivity contribution in [2.24, 2.45) is 0 Å². The van der Waals surface area contributed by atoms with Gasteiger partial charge in [-0.05, 0) is 32.4 Å². The third-order valence-electron chi connectivity index (χ3n) is 4.71. The molecule has 122 valence electrons. The third-order valence-corrected chi connectivity index (χ3v) is 4.71. The van der Waals surface area contributed by atoms with Crippen LogP contribution in [0, 0.1) is 6.92 Å². The molecule has 2 aromatic rings. The first kappa shape index (κ1) is 15.7. The lowest BCUT2D eigenvalue weighted by Gasteiger charge is -2.43. The number of aryl methyl sites for hydroxylation is 1. The smallest absolute Gasteiger partial charge is 0.258 e. The van der Waals surface area contributed by atoms with Crippen molar-refractivity contribution in [3.8, 4) is 0 Å². The van der Waals surface area contributed by atoms with Crippen molar-refractivity contribution in [1.82, 2.24) is 19.4 Å². The second kappa shape index (κ2) is 6.16. The van der Waals surface area contributed by atoms with Gasteiger partial charge in [-0.25, -0.2) is 4.52 Å². The molecule has 0 unspecified atom stereocenters. The molecule has 1 amide bonds. The Hall–Kier alpha value is -2.14. The van der Waals surface area contributed by atoms with Gasteiger partial charge in [-0.15, -0.1) is 6.58 Å². The molecule has 5 heteroatoms. The Balaban J connectivity index is 1.89. The summed E-state index contributed by atoms with van der Waals surface area (Å²) in [7, 11) is 0. The maximum Gasteiger partial charge on any atom is 0.258 e. The molecule has 0 radical (unpaired) electrons. The van der Waals surface area contributed by atoms with Crippen molar-refractivity contribution < 1.29 is 4.79 Å². The minimum absolute atomic E-state index is 0.0758. The molecule has 1 saturated heterocycles. The van der Waals surface area contributed by atoms with Crippen LogP contribution in [0.2, 0.25) is 0 Å². The SMILES string of the molecule is C=CCN1C[C@@H](C)N(C(=O)c2cnn3cccc(C)c23)C[C@H]1C. The van der Waals surface area contributed by atoms with Crippen molar-refractivity contribution >= 4 is 11.4 Å². The van der Waals surface area contributed by atoms with Crippen LogP contribution in [0.5, 0.6) is 0 Å². The predicted molar refractivity (Wildman–Crippen MR) is 91.7 cm³/mol. The largest absolute Gasteiger partial charge is 0.333 e. The average Bonchev–Trinajstić information content (AvgIpc) is 2.95. The minimum Gasteiger partial charge on any atom is -0.333 e. The van der Waals surface area contributed by atoms with Crippen molar-refractivity contribution in [2.75, 3.05) is 19.6 Å². The molecule has 0 aromatic carbocycles. The van der Waals surface area contributed by atoms with Gasteiger partial charge in [0.25, 0.3) is 5.91 Å². The lowest BCUT2D eigenvalue weighted by atomic mass is 10.1. The van der Waals surface area contributed by atoms with Gasteiger partial charge in [-0.2, -0.15) is 5.10 Å². The summed E-state index contributed by atoms with van der Waals surface area (Å²) in [6.45, 7) is 12.6. The highest BCUT2D eigenvalue weighted by Gasteiger charge is 2.33. The number of piperazine rings is 1. The summed E-state index contributed by atoms with van der Waals surface area (Å²) in [5.74, 6) is 0.0758. The summed E-state index contributed by atoms with van der Waals surface area (Å²) >= 11 is 0. The van der Waals surface area contributed by atoms with Crippen molar-refractivity contribution in [3.63, 3.8) is 0 Å². The quantitative estimate of drug-likeness (QED) is 0.817. The minimum atomic E-state index is 0.0758. The maximum atomic E-state index is 13.1. The number of nitrogens with zero attached hydrogens (tertiary/aromatic N) is 4. The van der Waals surface area contributed by atoms with Gasteiger partial charge in [0.2, 0.25) is 0 Å². The van der Waals surface area contributed by atoms with E-state index in [-0.39, 0.29) is 11.9 Å². The van der Waals surface area contributed by atoms with Gasteiger partial charge in [-0.1, -0.05) is 12.1 Å². The lowest BCUT2D eigenvalue weighted by molar-refractivity contribution is 0.0357. The van der Waals surface area contributed by atoms with E-state index in [4.69, 9.17) is 0 Å². The highest BCUT2D eigenvalue weighted by atomic mass is 16.2. The molecule has 0 N–H and O–H groups in total. The summed E-state index contributed by atoms with van der Waals surface area (Å²) in [4.78, 5) is 17.4. The van der Waals surface area contributed by atoms with E-state index in [1.54, 1.807) is 10.7 Å². The molecule has 3 heterocycles. The highest BCUT2D eigenvalue weighted by molar-refractivity contribution is 6.01. The number of aromatic nitrogens is 2. The second-order valence-electron chi connectivity index (χ2n) is 6.44. The van der Waals surface area contributed by atoms with Crippen LogP contribution in [0.1, 0.15) is 29.8 Å². The van der Waals surface area contributed by atoms with Gasteiger partial charge in [0.05, 0.1) is 17.3 Å². The summed E-state index contributed by atoms with van der Waals surface area (Å²) in [5.41, 5.74) is 2.67. The van der Waals surface area contributed by atoms with Crippen LogP contribution in [-0.2, 0) is 0 Å². The van der Waals surface area contributed by atoms with E-state index in [9.17, 15) is 4.79 Å². The fourth-order valence-corrected chi connectivity index (χ4v) is 3.43. The Morgan fingerprint density at radius 3 is 2.91 bits per heavy atom. The first-order valence-corrected chi connectivity index (χ1v) is 8.11. The first-order chi connectivity index (χ1) is 11.0. The number of amides is 1. The van der Waals surface area contributed by atoms with Crippen LogP contribution in [0.4, 0.5) is 0 Å². The second-order valence-corrected chi connectivity index (χ2v) is 6.44. The Morgan fingerprint density at radius 1 is 1.39 bits per heavy atom. The Labute approximate surface area is 137 Å². The van der Waals surface area contributed by atoms with Gasteiger partial charge >= 0.3 is 0 Å². The number of carbonyl (C=O) groups is 1. The van der Waals surface area contributed by atoms with Gasteiger partial charge < -0.3 is 4.90 Å². The van der Waals surface area contributed by atoms with E-state index in [2.05, 4.69) is 30.4 Å². The predicted octanol–water partition coefficient (Wildman–Crippen LogP) is 2.36. The summed E-state index contributed by atoms with van der Waals surface area (Å²) in [5, 5.41) is 4.33. The van der Waals surface area contributed by atoms with E-state index in [1.165, 1.54) is 0 Å². The van der Waals surface area contributed by atoms with E-state index >= 15 is 0 Å². The van der Waals surface area contributed by atoms with Crippen LogP contribution < -0.4 is 0 Å². The monoisotopic (exact) mass is 312 g/mol. The van der Waals surface area contributed by atoms with E-state index in [1.807, 2.05) is 36.2 Å². The molecular weight excluding hydrogens is 288 g/mol. The summed E-state index contributed by atoms with van der Waals surface area (Å²) in [6, 6.07) is 4.47. The van der Waals surface area contributed by atoms with Crippen LogP contribution in [0.25, 0.3) is 5.52 Å². The van der Waals surface area contributed by atoms with Gasteiger partial charge in [0, 0.05) is 37.9 Å². The maximum absolute atomic E-state index is 13.1. The van der Waals surface area contributed by atoms with Gasteiger partial charge in [-0.3, -0.25) is 9.69 Å². The Morgan fingerprint density at radius 2 is 2.17 bits per heavy atom. The van der Waals surface area contributed by atoms with E-state index < -0.39 is 0 Å². The molecule has 1 aliphatic rings. The highest BCUT2D eigenvalue weighted by Crippen LogP contribution is 2.22. The molecule has 0 aliphatic carbocycles. The lowest BCUT2D eigenvalue weighted by Crippen LogP contribution is -2.57. The topological polar surface area (TPSA) is 40.8 Å². The number of hydrogen-bond donors (Lipinski definition) is 0. The van der Waals surface area contributed by atoms with Gasteiger partial charge in [0.15, 0.2) is 0 Å². The zero-order valence-electron chi connectivity index (χ0n) is 14.1. The summed E-state index contributed by atoms with van der Waals surface area (Å²) < 4.78 is 1.78. The third kappa shape index (κ3) is 2.77. The fourth-order valence-electron chi connectivity index (χ4n) is 3.43. The molecule has 0 bridgehead atoms. The molecule has 0 spiro atoms. The van der Waals surface area contributed by atoms with Crippen LogP contribution in [-0.4, -0.2) is 57.0 Å². The summed E-state index contributed by atoms with van der Waals surface area (Å²) in [6.07, 6.45) is 5.50. The molecule has 23 heavy (non-hydrogen) atoms. The molecule has 2 aromatic heterocycles. The zero-order chi connectivity index (χ0) is 16.6. The van der Waals surface area contributed by atoms with E-state index in [0.717, 1.165) is 30.7 Å². The van der Waals surface area contributed by atoms with Crippen LogP contribution >= 0.6 is 0 Å². The van der Waals surface area contributed by atoms with E-state index in [0.29, 0.717) is 11.6 Å². The zero-order valence-corrected chi connectivity index (χ0v) is 14.1. The van der Waals surface area contributed by atoms with Gasteiger partial charge in [0.1, 0.15) is 0 Å². The average molecular weight is 312 g/mol. The molecule has 1 fully saturated rings. The van der Waals surface area contributed by atoms with Crippen molar-refractivity contribution in [3.05, 3.63) is 48.3 Å². The molecular formula is C18H24N4O. The van der Waals surface area contributed by atoms with Crippen LogP contribution in [0.3, 0.4) is 0 Å². The van der Waals surface area contributed by atoms with Crippen LogP contribution in [0.15, 0.2) is 37.2 Å². The molecule has 1 aliphatic heterocycles. The molecule has 2 atom stereocenters. The Kier molecular flexibility index (Phi) is 4.22. The number of hydrogen-bond acceptors (Lipinski definition) is 3. The number of rotatable bonds is 3. The normalized spacial score (nSPS) is 22.5. The number of fused-ring (bicyclic) bond motifs is 1.